The number of H-pyrrole nitrogens is 1. The zero-order valence-corrected chi connectivity index (χ0v) is 22.8. The Bertz CT molecular complexity index is 1450. The predicted octanol–water partition coefficient (Wildman–Crippen LogP) is 5.41. The standard InChI is InChI=1S/C28H27N3O3.C4H9N/c1-16-24(28(33)31-13-5-6-14-31)20-11-12-21(26(20)29-16)25-19-10-9-17(15-22(19)30-27(25)32)18-7-3-4-8-23(18)34-2;1-2-4-5-3-1/h3-4,7-10,15,29H,5-6,11-14H2,1-2H3,(H,30,32);5H,1-4H2/b25-21-;. The van der Waals surface area contributed by atoms with E-state index in [1.165, 1.54) is 25.9 Å². The van der Waals surface area contributed by atoms with Crippen molar-refractivity contribution < 1.29 is 14.3 Å². The molecule has 4 heterocycles. The molecule has 39 heavy (non-hydrogen) atoms. The van der Waals surface area contributed by atoms with E-state index in [0.29, 0.717) is 5.57 Å². The molecule has 2 fully saturated rings. The van der Waals surface area contributed by atoms with Gasteiger partial charge in [-0.3, -0.25) is 9.59 Å². The molecule has 0 radical (unpaired) electrons. The summed E-state index contributed by atoms with van der Waals surface area (Å²) in [5.74, 6) is 0.828. The number of anilines is 1. The van der Waals surface area contributed by atoms with Crippen LogP contribution in [0.3, 0.4) is 0 Å². The maximum absolute atomic E-state index is 13.2. The van der Waals surface area contributed by atoms with Gasteiger partial charge in [0.2, 0.25) is 0 Å². The molecule has 0 bridgehead atoms. The second kappa shape index (κ2) is 10.7. The van der Waals surface area contributed by atoms with E-state index in [9.17, 15) is 9.59 Å². The molecule has 7 nitrogen and oxygen atoms in total. The zero-order valence-electron chi connectivity index (χ0n) is 22.8. The van der Waals surface area contributed by atoms with Gasteiger partial charge in [0.25, 0.3) is 11.8 Å². The van der Waals surface area contributed by atoms with Gasteiger partial charge < -0.3 is 25.3 Å². The molecule has 3 aliphatic heterocycles. The fourth-order valence-electron chi connectivity index (χ4n) is 6.33. The molecule has 0 saturated carbocycles. The number of likely N-dealkylation sites (tertiary alicyclic amines) is 1. The van der Waals surface area contributed by atoms with Crippen molar-refractivity contribution in [3.8, 4) is 16.9 Å². The minimum atomic E-state index is -0.0882. The minimum absolute atomic E-state index is 0.0882. The van der Waals surface area contributed by atoms with E-state index in [4.69, 9.17) is 4.74 Å². The van der Waals surface area contributed by atoms with Crippen molar-refractivity contribution in [2.45, 2.75) is 45.4 Å². The van der Waals surface area contributed by atoms with Gasteiger partial charge in [-0.15, -0.1) is 0 Å². The number of carbonyl (C=O) groups is 2. The number of ether oxygens (including phenoxy) is 1. The van der Waals surface area contributed by atoms with Crippen molar-refractivity contribution in [1.29, 1.82) is 0 Å². The Morgan fingerprint density at radius 2 is 1.72 bits per heavy atom. The molecular weight excluding hydrogens is 488 g/mol. The summed E-state index contributed by atoms with van der Waals surface area (Å²) in [4.78, 5) is 31.8. The molecule has 0 spiro atoms. The van der Waals surface area contributed by atoms with Crippen molar-refractivity contribution in [3.63, 3.8) is 0 Å². The Labute approximate surface area is 229 Å². The first-order valence-corrected chi connectivity index (χ1v) is 14.1. The summed E-state index contributed by atoms with van der Waals surface area (Å²) in [6.45, 7) is 6.12. The molecule has 0 atom stereocenters. The largest absolute Gasteiger partial charge is 0.496 e. The summed E-state index contributed by atoms with van der Waals surface area (Å²) in [6, 6.07) is 13.9. The van der Waals surface area contributed by atoms with Gasteiger partial charge in [0, 0.05) is 41.3 Å². The van der Waals surface area contributed by atoms with Gasteiger partial charge in [-0.2, -0.15) is 0 Å². The van der Waals surface area contributed by atoms with E-state index < -0.39 is 0 Å². The average molecular weight is 525 g/mol. The first kappa shape index (κ1) is 25.4. The Hall–Kier alpha value is -3.84. The van der Waals surface area contributed by atoms with Crippen LogP contribution in [0.15, 0.2) is 42.5 Å². The molecule has 202 valence electrons. The van der Waals surface area contributed by atoms with Gasteiger partial charge in [0.15, 0.2) is 0 Å². The Morgan fingerprint density at radius 1 is 0.949 bits per heavy atom. The molecule has 4 aliphatic rings. The second-order valence-corrected chi connectivity index (χ2v) is 10.7. The normalized spacial score (nSPS) is 19.4. The maximum atomic E-state index is 13.2. The Balaban J connectivity index is 0.000000500. The van der Waals surface area contributed by atoms with Crippen LogP contribution in [0.1, 0.15) is 65.0 Å². The van der Waals surface area contributed by atoms with Crippen LogP contribution in [0.4, 0.5) is 5.69 Å². The van der Waals surface area contributed by atoms with E-state index in [-0.39, 0.29) is 11.8 Å². The number of methoxy groups -OCH3 is 1. The first-order chi connectivity index (χ1) is 19.1. The lowest BCUT2D eigenvalue weighted by Gasteiger charge is -2.15. The fourth-order valence-corrected chi connectivity index (χ4v) is 6.33. The lowest BCUT2D eigenvalue weighted by Crippen LogP contribution is -2.28. The number of aromatic amines is 1. The Kier molecular flexibility index (Phi) is 7.00. The van der Waals surface area contributed by atoms with Gasteiger partial charge in [-0.05, 0) is 87.4 Å². The van der Waals surface area contributed by atoms with Crippen LogP contribution < -0.4 is 15.4 Å². The van der Waals surface area contributed by atoms with Crippen LogP contribution in [0.5, 0.6) is 5.75 Å². The number of benzene rings is 2. The van der Waals surface area contributed by atoms with Crippen LogP contribution in [-0.4, -0.2) is 55.0 Å². The van der Waals surface area contributed by atoms with Gasteiger partial charge in [0.05, 0.1) is 18.2 Å². The third-order valence-corrected chi connectivity index (χ3v) is 8.27. The van der Waals surface area contributed by atoms with Crippen molar-refractivity contribution >= 4 is 28.6 Å². The molecule has 7 heteroatoms. The maximum Gasteiger partial charge on any atom is 0.256 e. The molecule has 7 rings (SSSR count). The molecular formula is C32H36N4O3. The van der Waals surface area contributed by atoms with Crippen LogP contribution in [0.25, 0.3) is 22.3 Å². The first-order valence-electron chi connectivity index (χ1n) is 14.1. The Morgan fingerprint density at radius 3 is 2.44 bits per heavy atom. The van der Waals surface area contributed by atoms with Gasteiger partial charge in [-0.1, -0.05) is 30.3 Å². The zero-order chi connectivity index (χ0) is 26.9. The van der Waals surface area contributed by atoms with Crippen LogP contribution in [0, 0.1) is 6.92 Å². The van der Waals surface area contributed by atoms with E-state index in [1.807, 2.05) is 54.3 Å². The number of aromatic nitrogens is 1. The van der Waals surface area contributed by atoms with Gasteiger partial charge >= 0.3 is 0 Å². The van der Waals surface area contributed by atoms with Crippen LogP contribution >= 0.6 is 0 Å². The topological polar surface area (TPSA) is 86.5 Å². The number of nitrogens with zero attached hydrogens (tertiary/aromatic N) is 1. The van der Waals surface area contributed by atoms with Crippen LogP contribution in [0.2, 0.25) is 0 Å². The fraction of sp³-hybridized carbons (Fsp3) is 0.375. The summed E-state index contributed by atoms with van der Waals surface area (Å²) in [5.41, 5.74) is 9.10. The lowest BCUT2D eigenvalue weighted by molar-refractivity contribution is -0.110. The SMILES string of the molecule is C1CCNC1.COc1ccccc1-c1ccc2c(c1)NC(=O)/C2=C1/CCc2c1[nH]c(C)c2C(=O)N1CCCC1. The van der Waals surface area contributed by atoms with Gasteiger partial charge in [0.1, 0.15) is 5.75 Å². The summed E-state index contributed by atoms with van der Waals surface area (Å²) in [7, 11) is 1.66. The third kappa shape index (κ3) is 4.65. The van der Waals surface area contributed by atoms with Crippen molar-refractivity contribution in [2.24, 2.45) is 0 Å². The average Bonchev–Trinajstić information content (AvgIpc) is 3.78. The van der Waals surface area contributed by atoms with E-state index in [1.54, 1.807) is 7.11 Å². The number of nitrogens with one attached hydrogen (secondary N) is 3. The summed E-state index contributed by atoms with van der Waals surface area (Å²) >= 11 is 0. The minimum Gasteiger partial charge on any atom is -0.496 e. The smallest absolute Gasteiger partial charge is 0.256 e. The number of carbonyl (C=O) groups excluding carboxylic acids is 2. The molecule has 1 aliphatic carbocycles. The van der Waals surface area contributed by atoms with E-state index >= 15 is 0 Å². The predicted molar refractivity (Wildman–Crippen MR) is 155 cm³/mol. The van der Waals surface area contributed by atoms with E-state index in [2.05, 4.69) is 15.6 Å². The van der Waals surface area contributed by atoms with Crippen molar-refractivity contribution in [1.82, 2.24) is 15.2 Å². The number of hydrogen-bond acceptors (Lipinski definition) is 4. The molecule has 3 N–H and O–H groups in total. The number of para-hydroxylation sites is 1. The van der Waals surface area contributed by atoms with Crippen molar-refractivity contribution in [3.05, 3.63) is 70.5 Å². The molecule has 2 aromatic carbocycles. The lowest BCUT2D eigenvalue weighted by atomic mass is 9.96. The molecule has 0 unspecified atom stereocenters. The molecule has 3 aromatic rings. The summed E-state index contributed by atoms with van der Waals surface area (Å²) in [6.07, 6.45) is 6.44. The summed E-state index contributed by atoms with van der Waals surface area (Å²) in [5, 5.41) is 6.29. The van der Waals surface area contributed by atoms with Crippen LogP contribution in [-0.2, 0) is 11.2 Å². The number of hydrogen-bond donors (Lipinski definition) is 3. The summed E-state index contributed by atoms with van der Waals surface area (Å²) < 4.78 is 5.52. The monoisotopic (exact) mass is 524 g/mol. The van der Waals surface area contributed by atoms with Crippen molar-refractivity contribution in [2.75, 3.05) is 38.6 Å². The number of rotatable bonds is 3. The highest BCUT2D eigenvalue weighted by atomic mass is 16.5. The number of allylic oxidation sites excluding steroid dienone is 1. The third-order valence-electron chi connectivity index (χ3n) is 8.27. The van der Waals surface area contributed by atoms with E-state index in [0.717, 1.165) is 95.0 Å². The number of aryl methyl sites for hydroxylation is 1. The highest BCUT2D eigenvalue weighted by molar-refractivity contribution is 6.37. The van der Waals surface area contributed by atoms with Gasteiger partial charge in [-0.25, -0.2) is 0 Å². The molecule has 2 saturated heterocycles. The molecule has 1 aromatic heterocycles. The molecule has 2 amide bonds. The highest BCUT2D eigenvalue weighted by Gasteiger charge is 2.35. The number of fused-ring (bicyclic) bond motifs is 2. The number of amides is 2. The quantitative estimate of drug-likeness (QED) is 0.400. The second-order valence-electron chi connectivity index (χ2n) is 10.7. The highest BCUT2D eigenvalue weighted by Crippen LogP contribution is 2.45.